The maximum absolute atomic E-state index is 9.27. The molecule has 0 unspecified atom stereocenters. The van der Waals surface area contributed by atoms with Gasteiger partial charge in [0.1, 0.15) is 11.6 Å². The molecule has 0 spiro atoms. The predicted molar refractivity (Wildman–Crippen MR) is 95.3 cm³/mol. The van der Waals surface area contributed by atoms with Gasteiger partial charge in [0.05, 0.1) is 36.7 Å². The quantitative estimate of drug-likeness (QED) is 0.683. The molecule has 0 saturated carbocycles. The zero-order valence-electron chi connectivity index (χ0n) is 14.1. The predicted octanol–water partition coefficient (Wildman–Crippen LogP) is 3.64. The molecule has 0 saturated heterocycles. The highest BCUT2D eigenvalue weighted by Gasteiger charge is 2.13. The van der Waals surface area contributed by atoms with Crippen molar-refractivity contribution in [2.45, 2.75) is 39.8 Å². The molecule has 0 aliphatic carbocycles. The van der Waals surface area contributed by atoms with Crippen LogP contribution >= 0.6 is 11.3 Å². The highest BCUT2D eigenvalue weighted by Crippen LogP contribution is 2.27. The van der Waals surface area contributed by atoms with Gasteiger partial charge in [-0.1, -0.05) is 13.8 Å². The van der Waals surface area contributed by atoms with Crippen LogP contribution in [0.3, 0.4) is 0 Å². The minimum Gasteiger partial charge on any atom is -0.469 e. The van der Waals surface area contributed by atoms with Gasteiger partial charge < -0.3 is 14.8 Å². The Kier molecular flexibility index (Phi) is 5.01. The fourth-order valence-electron chi connectivity index (χ4n) is 2.46. The molecule has 0 amide bonds. The van der Waals surface area contributed by atoms with Crippen molar-refractivity contribution in [1.29, 1.82) is 0 Å². The fraction of sp³-hybridized carbons (Fsp3) is 0.412. The van der Waals surface area contributed by atoms with Gasteiger partial charge in [-0.25, -0.2) is 9.67 Å². The third-order valence-electron chi connectivity index (χ3n) is 3.74. The zero-order valence-corrected chi connectivity index (χ0v) is 14.9. The lowest BCUT2D eigenvalue weighted by Crippen LogP contribution is -2.09. The summed E-state index contributed by atoms with van der Waals surface area (Å²) in [6.07, 6.45) is 3.58. The number of nitrogens with one attached hydrogen (secondary N) is 1. The van der Waals surface area contributed by atoms with Gasteiger partial charge in [-0.15, -0.1) is 11.3 Å². The van der Waals surface area contributed by atoms with Crippen molar-refractivity contribution in [1.82, 2.24) is 14.8 Å². The molecule has 7 heteroatoms. The zero-order chi connectivity index (χ0) is 17.1. The molecular formula is C17H22N4O2S. The number of rotatable bonds is 7. The molecule has 0 aromatic carbocycles. The van der Waals surface area contributed by atoms with Gasteiger partial charge in [0.15, 0.2) is 0 Å². The molecule has 0 fully saturated rings. The van der Waals surface area contributed by atoms with Crippen LogP contribution < -0.4 is 5.32 Å². The molecule has 3 aromatic rings. The maximum Gasteiger partial charge on any atom is 0.125 e. The minimum atomic E-state index is 0.0399. The summed E-state index contributed by atoms with van der Waals surface area (Å²) in [4.78, 5) is 5.63. The molecule has 3 heterocycles. The maximum atomic E-state index is 9.27. The van der Waals surface area contributed by atoms with Gasteiger partial charge in [0.2, 0.25) is 0 Å². The van der Waals surface area contributed by atoms with Crippen LogP contribution in [0.1, 0.15) is 35.4 Å². The summed E-state index contributed by atoms with van der Waals surface area (Å²) in [6.45, 7) is 7.37. The topological polar surface area (TPSA) is 76.1 Å². The lowest BCUT2D eigenvalue weighted by molar-refractivity contribution is 0.270. The first-order valence-corrected chi connectivity index (χ1v) is 8.81. The molecular weight excluding hydrogens is 324 g/mol. The van der Waals surface area contributed by atoms with Crippen molar-refractivity contribution in [2.24, 2.45) is 0 Å². The summed E-state index contributed by atoms with van der Waals surface area (Å²) in [7, 11) is 0. The second kappa shape index (κ2) is 7.19. The lowest BCUT2D eigenvalue weighted by Gasteiger charge is -2.07. The Bertz CT molecular complexity index is 803. The number of furan rings is 1. The van der Waals surface area contributed by atoms with Crippen LogP contribution in [0.25, 0.3) is 11.3 Å². The largest absolute Gasteiger partial charge is 0.469 e. The van der Waals surface area contributed by atoms with E-state index in [0.717, 1.165) is 27.8 Å². The highest BCUT2D eigenvalue weighted by atomic mass is 32.1. The number of hydrogen-bond acceptors (Lipinski definition) is 6. The van der Waals surface area contributed by atoms with E-state index in [9.17, 15) is 5.11 Å². The van der Waals surface area contributed by atoms with E-state index in [1.807, 2.05) is 25.3 Å². The van der Waals surface area contributed by atoms with Crippen molar-refractivity contribution >= 4 is 17.2 Å². The molecule has 0 atom stereocenters. The van der Waals surface area contributed by atoms with E-state index in [1.165, 1.54) is 4.88 Å². The number of aliphatic hydroxyl groups is 1. The standard InChI is InChI=1S/C17H22N4O2S/c1-11(2)17-19-10-13(24-17)9-18-16-8-15(20-21(16)5-6-22)14-4-7-23-12(14)3/h4,7-8,10-11,18,22H,5-6,9H2,1-3H3. The second-order valence-corrected chi connectivity index (χ2v) is 7.07. The molecule has 24 heavy (non-hydrogen) atoms. The van der Waals surface area contributed by atoms with Crippen LogP contribution in [0.2, 0.25) is 0 Å². The number of hydrogen-bond donors (Lipinski definition) is 2. The van der Waals surface area contributed by atoms with Crippen molar-refractivity contribution in [3.8, 4) is 11.3 Å². The number of aryl methyl sites for hydroxylation is 1. The highest BCUT2D eigenvalue weighted by molar-refractivity contribution is 7.11. The van der Waals surface area contributed by atoms with Crippen LogP contribution in [-0.2, 0) is 13.1 Å². The van der Waals surface area contributed by atoms with Crippen molar-refractivity contribution < 1.29 is 9.52 Å². The van der Waals surface area contributed by atoms with E-state index in [1.54, 1.807) is 22.3 Å². The number of nitrogens with zero attached hydrogens (tertiary/aromatic N) is 3. The van der Waals surface area contributed by atoms with E-state index < -0.39 is 0 Å². The van der Waals surface area contributed by atoms with Crippen LogP contribution in [0.15, 0.2) is 29.0 Å². The SMILES string of the molecule is Cc1occc1-c1cc(NCc2cnc(C(C)C)s2)n(CCO)n1. The third kappa shape index (κ3) is 3.52. The van der Waals surface area contributed by atoms with Gasteiger partial charge in [-0.05, 0) is 13.0 Å². The number of aromatic nitrogens is 3. The molecule has 2 N–H and O–H groups in total. The van der Waals surface area contributed by atoms with Gasteiger partial charge in [0, 0.05) is 28.6 Å². The molecule has 0 bridgehead atoms. The summed E-state index contributed by atoms with van der Waals surface area (Å²) < 4.78 is 7.14. The van der Waals surface area contributed by atoms with E-state index in [0.29, 0.717) is 19.0 Å². The second-order valence-electron chi connectivity index (χ2n) is 5.93. The van der Waals surface area contributed by atoms with Crippen molar-refractivity contribution in [2.75, 3.05) is 11.9 Å². The number of aliphatic hydroxyl groups excluding tert-OH is 1. The molecule has 128 valence electrons. The Balaban J connectivity index is 1.78. The third-order valence-corrected chi connectivity index (χ3v) is 5.03. The Hall–Kier alpha value is -2.12. The molecule has 3 rings (SSSR count). The van der Waals surface area contributed by atoms with E-state index in [2.05, 4.69) is 29.2 Å². The Labute approximate surface area is 145 Å². The summed E-state index contributed by atoms with van der Waals surface area (Å²) >= 11 is 1.72. The fourth-order valence-corrected chi connectivity index (χ4v) is 3.32. The lowest BCUT2D eigenvalue weighted by atomic mass is 10.2. The van der Waals surface area contributed by atoms with Crippen LogP contribution in [0.4, 0.5) is 5.82 Å². The normalized spacial score (nSPS) is 11.4. The Morgan fingerprint density at radius 3 is 2.88 bits per heavy atom. The van der Waals surface area contributed by atoms with Gasteiger partial charge in [0.25, 0.3) is 0 Å². The molecule has 6 nitrogen and oxygen atoms in total. The van der Waals surface area contributed by atoms with Gasteiger partial charge >= 0.3 is 0 Å². The van der Waals surface area contributed by atoms with Gasteiger partial charge in [-0.3, -0.25) is 0 Å². The first-order chi connectivity index (χ1) is 11.6. The molecule has 0 aliphatic rings. The van der Waals surface area contributed by atoms with Gasteiger partial charge in [-0.2, -0.15) is 5.10 Å². The molecule has 0 radical (unpaired) electrons. The molecule has 3 aromatic heterocycles. The van der Waals surface area contributed by atoms with Crippen LogP contribution in [0, 0.1) is 6.92 Å². The summed E-state index contributed by atoms with van der Waals surface area (Å²) in [5.41, 5.74) is 1.80. The van der Waals surface area contributed by atoms with Crippen molar-refractivity contribution in [3.05, 3.63) is 40.2 Å². The summed E-state index contributed by atoms with van der Waals surface area (Å²) in [5, 5.41) is 18.4. The molecule has 0 aliphatic heterocycles. The monoisotopic (exact) mass is 346 g/mol. The average molecular weight is 346 g/mol. The number of thiazole rings is 1. The first-order valence-electron chi connectivity index (χ1n) is 8.00. The Morgan fingerprint density at radius 1 is 1.42 bits per heavy atom. The van der Waals surface area contributed by atoms with E-state index in [4.69, 9.17) is 4.42 Å². The smallest absolute Gasteiger partial charge is 0.125 e. The van der Waals surface area contributed by atoms with E-state index in [-0.39, 0.29) is 6.61 Å². The number of anilines is 1. The Morgan fingerprint density at radius 2 is 2.25 bits per heavy atom. The van der Waals surface area contributed by atoms with Crippen LogP contribution in [0.5, 0.6) is 0 Å². The average Bonchev–Trinajstić information content (AvgIpc) is 3.25. The van der Waals surface area contributed by atoms with Crippen molar-refractivity contribution in [3.63, 3.8) is 0 Å². The first kappa shape index (κ1) is 16.7. The minimum absolute atomic E-state index is 0.0399. The summed E-state index contributed by atoms with van der Waals surface area (Å²) in [5.74, 6) is 2.15. The van der Waals surface area contributed by atoms with E-state index >= 15 is 0 Å². The van der Waals surface area contributed by atoms with Crippen LogP contribution in [-0.4, -0.2) is 26.5 Å². The summed E-state index contributed by atoms with van der Waals surface area (Å²) in [6, 6.07) is 3.89.